The molecule has 0 spiro atoms. The topological polar surface area (TPSA) is 51.2 Å². The van der Waals surface area contributed by atoms with Crippen LogP contribution in [0.3, 0.4) is 0 Å². The molecule has 0 saturated carbocycles. The van der Waals surface area contributed by atoms with E-state index >= 15 is 0 Å². The highest BCUT2D eigenvalue weighted by atomic mass is 32.2. The van der Waals surface area contributed by atoms with Crippen molar-refractivity contribution in [1.29, 1.82) is 0 Å². The molecule has 1 aliphatic heterocycles. The van der Waals surface area contributed by atoms with Crippen molar-refractivity contribution in [1.82, 2.24) is 0 Å². The molecule has 3 nitrogen and oxygen atoms in total. The first-order valence-electron chi connectivity index (χ1n) is 2.57. The van der Waals surface area contributed by atoms with Crippen LogP contribution in [0, 0.1) is 0 Å². The van der Waals surface area contributed by atoms with Gasteiger partial charge < -0.3 is 0 Å². The van der Waals surface area contributed by atoms with Crippen LogP contribution in [-0.2, 0) is 20.4 Å². The van der Waals surface area contributed by atoms with Gasteiger partial charge in [0.1, 0.15) is 0 Å². The van der Waals surface area contributed by atoms with Gasteiger partial charge in [-0.15, -0.1) is 0 Å². The van der Waals surface area contributed by atoms with E-state index in [9.17, 15) is 13.8 Å². The number of hydrogen-bond acceptors (Lipinski definition) is 3. The maximum atomic E-state index is 10.6. The molecular weight excluding hydrogens is 140 g/mol. The van der Waals surface area contributed by atoms with Crippen LogP contribution < -0.4 is 0 Å². The van der Waals surface area contributed by atoms with E-state index in [-0.39, 0.29) is 29.5 Å². The van der Waals surface area contributed by atoms with Crippen molar-refractivity contribution in [2.24, 2.45) is 0 Å². The molecule has 1 saturated heterocycles. The van der Waals surface area contributed by atoms with E-state index in [4.69, 9.17) is 0 Å². The number of carbonyl (C=O) groups excluding carboxylic acids is 2. The van der Waals surface area contributed by atoms with Crippen molar-refractivity contribution in [2.75, 3.05) is 11.5 Å². The normalized spacial score (nSPS) is 22.7. The third kappa shape index (κ3) is 1.71. The maximum Gasteiger partial charge on any atom is 0.152 e. The summed E-state index contributed by atoms with van der Waals surface area (Å²) in [6.07, 6.45) is -0.00819. The van der Waals surface area contributed by atoms with Gasteiger partial charge in [0.25, 0.3) is 0 Å². The van der Waals surface area contributed by atoms with Gasteiger partial charge in [-0.05, 0) is 0 Å². The Bertz CT molecular complexity index is 139. The Morgan fingerprint density at radius 1 is 1.11 bits per heavy atom. The van der Waals surface area contributed by atoms with Crippen molar-refractivity contribution < 1.29 is 13.8 Å². The highest BCUT2D eigenvalue weighted by molar-refractivity contribution is 7.86. The molecule has 1 rings (SSSR count). The van der Waals surface area contributed by atoms with Crippen LogP contribution in [-0.4, -0.2) is 27.3 Å². The first-order valence-corrected chi connectivity index (χ1v) is 4.05. The van der Waals surface area contributed by atoms with Gasteiger partial charge in [0, 0.05) is 10.8 Å². The summed E-state index contributed by atoms with van der Waals surface area (Å²) in [5.41, 5.74) is 0. The van der Waals surface area contributed by atoms with Crippen LogP contribution in [0.5, 0.6) is 0 Å². The second-order valence-corrected chi connectivity index (χ2v) is 3.44. The average Bonchev–Trinajstić information content (AvgIpc) is 1.59. The van der Waals surface area contributed by atoms with Crippen molar-refractivity contribution in [3.63, 3.8) is 0 Å². The molecule has 0 aliphatic carbocycles. The average molecular weight is 146 g/mol. The first-order chi connectivity index (χ1) is 4.18. The summed E-state index contributed by atoms with van der Waals surface area (Å²) in [5.74, 6) is -0.230. The van der Waals surface area contributed by atoms with E-state index in [0.29, 0.717) is 0 Å². The van der Waals surface area contributed by atoms with E-state index in [1.54, 1.807) is 0 Å². The Kier molecular flexibility index (Phi) is 1.75. The zero-order valence-corrected chi connectivity index (χ0v) is 5.57. The van der Waals surface area contributed by atoms with Gasteiger partial charge in [0.15, 0.2) is 11.6 Å². The summed E-state index contributed by atoms with van der Waals surface area (Å²) in [7, 11) is -1.20. The van der Waals surface area contributed by atoms with Crippen LogP contribution >= 0.6 is 0 Å². The van der Waals surface area contributed by atoms with E-state index in [1.807, 2.05) is 0 Å². The van der Waals surface area contributed by atoms with Gasteiger partial charge >= 0.3 is 0 Å². The number of ketones is 2. The Balaban J connectivity index is 2.64. The van der Waals surface area contributed by atoms with E-state index < -0.39 is 10.8 Å². The van der Waals surface area contributed by atoms with Crippen molar-refractivity contribution in [2.45, 2.75) is 6.42 Å². The number of Topliss-reactive ketones (excluding diaryl/α,β-unsaturated/α-hetero) is 2. The van der Waals surface area contributed by atoms with Crippen LogP contribution in [0.25, 0.3) is 0 Å². The van der Waals surface area contributed by atoms with Crippen LogP contribution in [0.2, 0.25) is 0 Å². The van der Waals surface area contributed by atoms with E-state index in [1.165, 1.54) is 0 Å². The molecule has 0 bridgehead atoms. The Labute approximate surface area is 54.9 Å². The molecule has 1 heterocycles. The van der Waals surface area contributed by atoms with Crippen molar-refractivity contribution >= 4 is 22.4 Å². The highest BCUT2D eigenvalue weighted by Gasteiger charge is 2.20. The summed E-state index contributed by atoms with van der Waals surface area (Å²) in [6, 6.07) is 0. The maximum absolute atomic E-state index is 10.6. The van der Waals surface area contributed by atoms with Crippen LogP contribution in [0.1, 0.15) is 6.42 Å². The Morgan fingerprint density at radius 3 is 1.89 bits per heavy atom. The second-order valence-electron chi connectivity index (χ2n) is 1.98. The molecule has 0 aromatic heterocycles. The SMILES string of the molecule is O=C1CC(=O)CS(=O)C1. The Hall–Kier alpha value is -0.510. The molecule has 0 amide bonds. The molecule has 0 N–H and O–H groups in total. The lowest BCUT2D eigenvalue weighted by Crippen LogP contribution is -2.27. The zero-order chi connectivity index (χ0) is 6.85. The zero-order valence-electron chi connectivity index (χ0n) is 4.75. The molecule has 0 radical (unpaired) electrons. The fourth-order valence-electron chi connectivity index (χ4n) is 0.732. The van der Waals surface area contributed by atoms with Crippen LogP contribution in [0.15, 0.2) is 0 Å². The predicted molar refractivity (Wildman–Crippen MR) is 32.5 cm³/mol. The second kappa shape index (κ2) is 2.39. The molecule has 9 heavy (non-hydrogen) atoms. The lowest BCUT2D eigenvalue weighted by molar-refractivity contribution is -0.124. The fourth-order valence-corrected chi connectivity index (χ4v) is 1.76. The third-order valence-corrected chi connectivity index (χ3v) is 2.33. The molecule has 0 aromatic carbocycles. The minimum absolute atomic E-state index is 0.00819. The monoisotopic (exact) mass is 146 g/mol. The lowest BCUT2D eigenvalue weighted by Gasteiger charge is -2.05. The lowest BCUT2D eigenvalue weighted by atomic mass is 10.2. The number of hydrogen-bond donors (Lipinski definition) is 0. The first kappa shape index (κ1) is 6.61. The van der Waals surface area contributed by atoms with Gasteiger partial charge in [-0.1, -0.05) is 0 Å². The molecule has 50 valence electrons. The summed E-state index contributed by atoms with van der Waals surface area (Å²) in [6.45, 7) is 0. The largest absolute Gasteiger partial charge is 0.298 e. The minimum Gasteiger partial charge on any atom is -0.298 e. The molecule has 4 heteroatoms. The van der Waals surface area contributed by atoms with Crippen molar-refractivity contribution in [3.8, 4) is 0 Å². The summed E-state index contributed by atoms with van der Waals surface area (Å²) >= 11 is 0. The molecule has 0 unspecified atom stereocenters. The van der Waals surface area contributed by atoms with Crippen molar-refractivity contribution in [3.05, 3.63) is 0 Å². The van der Waals surface area contributed by atoms with Gasteiger partial charge in [-0.25, -0.2) is 0 Å². The number of carbonyl (C=O) groups is 2. The summed E-state index contributed by atoms with van der Waals surface area (Å²) in [4.78, 5) is 20.9. The standard InChI is InChI=1S/C5H6O3S/c6-4-1-5(7)3-9(8)2-4/h1-3H2. The minimum atomic E-state index is -1.20. The van der Waals surface area contributed by atoms with E-state index in [2.05, 4.69) is 0 Å². The smallest absolute Gasteiger partial charge is 0.152 e. The Morgan fingerprint density at radius 2 is 1.56 bits per heavy atom. The summed E-state index contributed by atoms with van der Waals surface area (Å²) < 4.78 is 10.6. The number of rotatable bonds is 0. The predicted octanol–water partition coefficient (Wildman–Crippen LogP) is -0.723. The van der Waals surface area contributed by atoms with Gasteiger partial charge in [-0.2, -0.15) is 0 Å². The quantitative estimate of drug-likeness (QED) is 0.424. The summed E-state index contributed by atoms with van der Waals surface area (Å²) in [5, 5.41) is 0. The van der Waals surface area contributed by atoms with E-state index in [0.717, 1.165) is 0 Å². The van der Waals surface area contributed by atoms with Gasteiger partial charge in [-0.3, -0.25) is 13.8 Å². The van der Waals surface area contributed by atoms with Crippen LogP contribution in [0.4, 0.5) is 0 Å². The van der Waals surface area contributed by atoms with Gasteiger partial charge in [0.05, 0.1) is 17.9 Å². The van der Waals surface area contributed by atoms with Gasteiger partial charge in [0.2, 0.25) is 0 Å². The fraction of sp³-hybridized carbons (Fsp3) is 0.600. The molecule has 0 atom stereocenters. The molecule has 1 aliphatic rings. The molecule has 1 fully saturated rings. The highest BCUT2D eigenvalue weighted by Crippen LogP contribution is 1.99. The molecule has 0 aromatic rings. The third-order valence-electron chi connectivity index (χ3n) is 1.04. The molecular formula is C5H6O3S.